The summed E-state index contributed by atoms with van der Waals surface area (Å²) in [7, 11) is 3.41. The average Bonchev–Trinajstić information content (AvgIpc) is 3.34. The van der Waals surface area contributed by atoms with Gasteiger partial charge in [-0.1, -0.05) is 35.9 Å². The molecule has 0 aromatic heterocycles. The molecule has 2 aromatic rings. The van der Waals surface area contributed by atoms with Crippen LogP contribution in [0.2, 0.25) is 0 Å². The number of hydrogen-bond acceptors (Lipinski definition) is 4. The van der Waals surface area contributed by atoms with E-state index in [0.29, 0.717) is 5.92 Å². The number of carbonyl (C=O) groups is 1. The summed E-state index contributed by atoms with van der Waals surface area (Å²) in [5.41, 5.74) is 3.18. The lowest BCUT2D eigenvalue weighted by Gasteiger charge is -2.29. The summed E-state index contributed by atoms with van der Waals surface area (Å²) in [5, 5.41) is 3.39. The van der Waals surface area contributed by atoms with Gasteiger partial charge >= 0.3 is 0 Å². The molecule has 1 fully saturated rings. The quantitative estimate of drug-likeness (QED) is 0.506. The Morgan fingerprint density at radius 3 is 2.42 bits per heavy atom. The fourth-order valence-electron chi connectivity index (χ4n) is 4.05. The molecular weight excluding hydrogens is 412 g/mol. The summed E-state index contributed by atoms with van der Waals surface area (Å²) in [6.07, 6.45) is 4.06. The minimum atomic E-state index is 0.118. The van der Waals surface area contributed by atoms with Crippen molar-refractivity contribution in [1.29, 1.82) is 0 Å². The van der Waals surface area contributed by atoms with Gasteiger partial charge in [0, 0.05) is 31.9 Å². The van der Waals surface area contributed by atoms with E-state index < -0.39 is 0 Å². The van der Waals surface area contributed by atoms with Crippen LogP contribution in [-0.2, 0) is 11.2 Å². The number of nitrogens with zero attached hydrogens (tertiary/aromatic N) is 1. The van der Waals surface area contributed by atoms with Crippen molar-refractivity contribution in [2.45, 2.75) is 52.5 Å². The van der Waals surface area contributed by atoms with Crippen molar-refractivity contribution in [2.75, 3.05) is 40.5 Å². The fourth-order valence-corrected chi connectivity index (χ4v) is 4.05. The summed E-state index contributed by atoms with van der Waals surface area (Å²) in [6, 6.07) is 16.3. The highest BCUT2D eigenvalue weighted by atomic mass is 16.5. The molecule has 0 spiro atoms. The molecule has 1 saturated heterocycles. The molecular formula is C28H42N2O3. The van der Waals surface area contributed by atoms with E-state index in [-0.39, 0.29) is 11.9 Å². The van der Waals surface area contributed by atoms with E-state index in [4.69, 9.17) is 9.47 Å². The van der Waals surface area contributed by atoms with Crippen LogP contribution in [0.3, 0.4) is 0 Å². The minimum Gasteiger partial charge on any atom is -0.496 e. The van der Waals surface area contributed by atoms with Crippen molar-refractivity contribution in [2.24, 2.45) is 5.92 Å². The molecule has 0 aliphatic carbocycles. The van der Waals surface area contributed by atoms with Crippen LogP contribution in [0.5, 0.6) is 5.75 Å². The van der Waals surface area contributed by atoms with Crippen molar-refractivity contribution in [1.82, 2.24) is 10.2 Å². The number of carbonyl (C=O) groups excluding carboxylic acids is 1. The summed E-state index contributed by atoms with van der Waals surface area (Å²) >= 11 is 0. The standard InChI is InChI=1S/C21H34N2O3.C7H8/c1-16(2)23(15-17-10-11-22-14-17)21(24)19-8-9-20(26-4)18(13-19)7-5-6-12-25-3;1-7-5-3-2-4-6-7/h8-9,13,16-17,22H,5-7,10-12,14-15H2,1-4H3;2-6H,1H3. The van der Waals surface area contributed by atoms with Crippen molar-refractivity contribution in [3.05, 3.63) is 65.2 Å². The lowest BCUT2D eigenvalue weighted by molar-refractivity contribution is 0.0677. The molecule has 1 unspecified atom stereocenters. The first-order chi connectivity index (χ1) is 16.0. The lowest BCUT2D eigenvalue weighted by atomic mass is 10.0. The van der Waals surface area contributed by atoms with Gasteiger partial charge < -0.3 is 19.7 Å². The number of aryl methyl sites for hydroxylation is 2. The number of nitrogens with one attached hydrogen (secondary N) is 1. The summed E-state index contributed by atoms with van der Waals surface area (Å²) < 4.78 is 10.6. The van der Waals surface area contributed by atoms with Crippen LogP contribution < -0.4 is 10.1 Å². The van der Waals surface area contributed by atoms with Gasteiger partial charge in [-0.2, -0.15) is 0 Å². The molecule has 0 bridgehead atoms. The maximum absolute atomic E-state index is 13.1. The van der Waals surface area contributed by atoms with Crippen LogP contribution >= 0.6 is 0 Å². The Labute approximate surface area is 200 Å². The Hall–Kier alpha value is -2.37. The monoisotopic (exact) mass is 454 g/mol. The highest BCUT2D eigenvalue weighted by Crippen LogP contribution is 2.24. The Balaban J connectivity index is 0.000000468. The first-order valence-corrected chi connectivity index (χ1v) is 12.2. The van der Waals surface area contributed by atoms with E-state index in [1.165, 1.54) is 5.56 Å². The highest BCUT2D eigenvalue weighted by Gasteiger charge is 2.25. The summed E-state index contributed by atoms with van der Waals surface area (Å²) in [6.45, 7) is 9.91. The van der Waals surface area contributed by atoms with Crippen LogP contribution in [0, 0.1) is 12.8 Å². The Morgan fingerprint density at radius 1 is 1.12 bits per heavy atom. The van der Waals surface area contributed by atoms with Crippen molar-refractivity contribution >= 4 is 5.91 Å². The van der Waals surface area contributed by atoms with Crippen LogP contribution in [0.1, 0.15) is 54.6 Å². The molecule has 0 saturated carbocycles. The molecule has 1 amide bonds. The predicted molar refractivity (Wildman–Crippen MR) is 136 cm³/mol. The molecule has 182 valence electrons. The minimum absolute atomic E-state index is 0.118. The third-order valence-corrected chi connectivity index (χ3v) is 6.01. The van der Waals surface area contributed by atoms with Gasteiger partial charge in [-0.05, 0) is 89.2 Å². The molecule has 5 nitrogen and oxygen atoms in total. The second-order valence-corrected chi connectivity index (χ2v) is 9.04. The molecule has 1 heterocycles. The number of methoxy groups -OCH3 is 2. The lowest BCUT2D eigenvalue weighted by Crippen LogP contribution is -2.41. The third kappa shape index (κ3) is 9.18. The molecule has 1 N–H and O–H groups in total. The molecule has 5 heteroatoms. The highest BCUT2D eigenvalue weighted by molar-refractivity contribution is 5.94. The Kier molecular flexibility index (Phi) is 12.0. The zero-order valence-corrected chi connectivity index (χ0v) is 21.1. The van der Waals surface area contributed by atoms with E-state index in [0.717, 1.165) is 68.8 Å². The van der Waals surface area contributed by atoms with Crippen LogP contribution in [-0.4, -0.2) is 57.3 Å². The van der Waals surface area contributed by atoms with Crippen LogP contribution in [0.15, 0.2) is 48.5 Å². The smallest absolute Gasteiger partial charge is 0.254 e. The molecule has 1 atom stereocenters. The molecule has 1 aliphatic heterocycles. The number of ether oxygens (including phenoxy) is 2. The zero-order valence-electron chi connectivity index (χ0n) is 21.1. The third-order valence-electron chi connectivity index (χ3n) is 6.01. The largest absolute Gasteiger partial charge is 0.496 e. The van der Waals surface area contributed by atoms with E-state index in [2.05, 4.69) is 38.2 Å². The van der Waals surface area contributed by atoms with Gasteiger partial charge in [0.15, 0.2) is 0 Å². The molecule has 3 rings (SSSR count). The Bertz CT molecular complexity index is 817. The van der Waals surface area contributed by atoms with Gasteiger partial charge in [0.2, 0.25) is 0 Å². The van der Waals surface area contributed by atoms with Crippen molar-refractivity contribution in [3.8, 4) is 5.75 Å². The maximum atomic E-state index is 13.1. The maximum Gasteiger partial charge on any atom is 0.254 e. The van der Waals surface area contributed by atoms with Gasteiger partial charge in [0.1, 0.15) is 5.75 Å². The topological polar surface area (TPSA) is 50.8 Å². The van der Waals surface area contributed by atoms with E-state index in [9.17, 15) is 4.79 Å². The van der Waals surface area contributed by atoms with Crippen LogP contribution in [0.4, 0.5) is 0 Å². The van der Waals surface area contributed by atoms with Crippen molar-refractivity contribution in [3.63, 3.8) is 0 Å². The van der Waals surface area contributed by atoms with Gasteiger partial charge in [-0.25, -0.2) is 0 Å². The first-order valence-electron chi connectivity index (χ1n) is 12.2. The second-order valence-electron chi connectivity index (χ2n) is 9.04. The van der Waals surface area contributed by atoms with E-state index >= 15 is 0 Å². The second kappa shape index (κ2) is 14.7. The van der Waals surface area contributed by atoms with Crippen molar-refractivity contribution < 1.29 is 14.3 Å². The van der Waals surface area contributed by atoms with Gasteiger partial charge in [0.25, 0.3) is 5.91 Å². The fraction of sp³-hybridized carbons (Fsp3) is 0.536. The Morgan fingerprint density at radius 2 is 1.88 bits per heavy atom. The van der Waals surface area contributed by atoms with Gasteiger partial charge in [-0.15, -0.1) is 0 Å². The van der Waals surface area contributed by atoms with Crippen LogP contribution in [0.25, 0.3) is 0 Å². The summed E-state index contributed by atoms with van der Waals surface area (Å²) in [4.78, 5) is 15.2. The SMILES string of the molecule is COCCCCc1cc(C(=O)N(CC2CCNC2)C(C)C)ccc1OC.Cc1ccccc1. The number of hydrogen-bond donors (Lipinski definition) is 1. The number of unbranched alkanes of at least 4 members (excludes halogenated alkanes) is 1. The van der Waals surface area contributed by atoms with E-state index in [1.54, 1.807) is 14.2 Å². The number of benzene rings is 2. The molecule has 0 radical (unpaired) electrons. The molecule has 2 aromatic carbocycles. The molecule has 1 aliphatic rings. The zero-order chi connectivity index (χ0) is 24.1. The first kappa shape index (κ1) is 26.9. The normalized spacial score (nSPS) is 15.2. The van der Waals surface area contributed by atoms with E-state index in [1.807, 2.05) is 41.3 Å². The van der Waals surface area contributed by atoms with Gasteiger partial charge in [0.05, 0.1) is 7.11 Å². The molecule has 33 heavy (non-hydrogen) atoms. The number of amides is 1. The number of rotatable bonds is 10. The average molecular weight is 455 g/mol. The summed E-state index contributed by atoms with van der Waals surface area (Å²) in [5.74, 6) is 1.52. The van der Waals surface area contributed by atoms with Gasteiger partial charge in [-0.3, -0.25) is 4.79 Å². The predicted octanol–water partition coefficient (Wildman–Crippen LogP) is 5.12.